The number of fused-ring (bicyclic) bond motifs is 1. The van der Waals surface area contributed by atoms with Crippen LogP contribution < -0.4 is 0 Å². The molecule has 1 aromatic heterocycles. The van der Waals surface area contributed by atoms with Gasteiger partial charge in [0, 0.05) is 10.9 Å². The molecule has 0 aliphatic heterocycles. The summed E-state index contributed by atoms with van der Waals surface area (Å²) in [7, 11) is 0. The molecule has 0 radical (unpaired) electrons. The molecule has 0 unspecified atom stereocenters. The van der Waals surface area contributed by atoms with Crippen LogP contribution in [-0.2, 0) is 0 Å². The Hall–Kier alpha value is -1.54. The predicted octanol–water partition coefficient (Wildman–Crippen LogP) is 5.48. The van der Waals surface area contributed by atoms with Crippen LogP contribution in [0.4, 0.5) is 0 Å². The Morgan fingerprint density at radius 2 is 1.72 bits per heavy atom. The van der Waals surface area contributed by atoms with Gasteiger partial charge >= 0.3 is 0 Å². The fraction of sp³-hybridized carbons (Fsp3) is 0.125. The molecule has 0 spiro atoms. The second-order valence-electron chi connectivity index (χ2n) is 4.55. The van der Waals surface area contributed by atoms with Crippen LogP contribution in [0.15, 0.2) is 51.6 Å². The summed E-state index contributed by atoms with van der Waals surface area (Å²) in [6.45, 7) is 4.26. The number of para-hydroxylation sites is 1. The predicted molar refractivity (Wildman–Crippen MR) is 78.8 cm³/mol. The number of aryl methyl sites for hydroxylation is 2. The summed E-state index contributed by atoms with van der Waals surface area (Å²) in [4.78, 5) is 0. The van der Waals surface area contributed by atoms with Crippen LogP contribution in [-0.4, -0.2) is 0 Å². The lowest BCUT2D eigenvalue weighted by Crippen LogP contribution is -1.83. The highest BCUT2D eigenvalue weighted by Crippen LogP contribution is 2.38. The van der Waals surface area contributed by atoms with Crippen LogP contribution in [0.25, 0.3) is 22.1 Å². The maximum atomic E-state index is 5.74. The number of hydrogen-bond donors (Lipinski definition) is 0. The maximum Gasteiger partial charge on any atom is 0.178 e. The molecule has 2 aromatic carbocycles. The molecule has 0 aliphatic rings. The van der Waals surface area contributed by atoms with E-state index in [1.165, 1.54) is 16.7 Å². The lowest BCUT2D eigenvalue weighted by atomic mass is 10.0. The molecule has 0 saturated carbocycles. The topological polar surface area (TPSA) is 13.1 Å². The first kappa shape index (κ1) is 11.5. The van der Waals surface area contributed by atoms with Gasteiger partial charge in [-0.3, -0.25) is 0 Å². The summed E-state index contributed by atoms with van der Waals surface area (Å²) in [5, 5.41) is 1.15. The number of benzene rings is 2. The molecule has 2 heteroatoms. The second kappa shape index (κ2) is 4.29. The van der Waals surface area contributed by atoms with Gasteiger partial charge in [0.25, 0.3) is 0 Å². The lowest BCUT2D eigenvalue weighted by Gasteiger charge is -2.04. The second-order valence-corrected chi connectivity index (χ2v) is 5.27. The van der Waals surface area contributed by atoms with Crippen molar-refractivity contribution in [3.8, 4) is 11.1 Å². The van der Waals surface area contributed by atoms with E-state index in [1.807, 2.05) is 18.2 Å². The van der Waals surface area contributed by atoms with Gasteiger partial charge in [0.15, 0.2) is 4.67 Å². The average molecular weight is 301 g/mol. The fourth-order valence-electron chi connectivity index (χ4n) is 2.18. The third kappa shape index (κ3) is 1.77. The number of rotatable bonds is 1. The molecule has 18 heavy (non-hydrogen) atoms. The van der Waals surface area contributed by atoms with Crippen LogP contribution in [0, 0.1) is 13.8 Å². The SMILES string of the molecule is Cc1ccc(-c2c(Br)oc3ccccc23)cc1C. The average Bonchev–Trinajstić information content (AvgIpc) is 2.69. The van der Waals surface area contributed by atoms with Crippen LogP contribution in [0.1, 0.15) is 11.1 Å². The molecule has 0 N–H and O–H groups in total. The molecule has 0 bridgehead atoms. The van der Waals surface area contributed by atoms with Crippen molar-refractivity contribution >= 4 is 26.9 Å². The minimum absolute atomic E-state index is 0.798. The maximum absolute atomic E-state index is 5.74. The van der Waals surface area contributed by atoms with E-state index in [4.69, 9.17) is 4.42 Å². The third-order valence-corrected chi connectivity index (χ3v) is 3.91. The van der Waals surface area contributed by atoms with Crippen molar-refractivity contribution in [2.24, 2.45) is 0 Å². The Balaban J connectivity index is 2.30. The molecule has 3 rings (SSSR count). The summed E-state index contributed by atoms with van der Waals surface area (Å²) < 4.78 is 6.54. The summed E-state index contributed by atoms with van der Waals surface area (Å²) in [6, 6.07) is 14.6. The lowest BCUT2D eigenvalue weighted by molar-refractivity contribution is 0.589. The third-order valence-electron chi connectivity index (χ3n) is 3.35. The summed E-state index contributed by atoms with van der Waals surface area (Å²) in [6.07, 6.45) is 0. The van der Waals surface area contributed by atoms with Gasteiger partial charge < -0.3 is 4.42 Å². The van der Waals surface area contributed by atoms with E-state index in [1.54, 1.807) is 0 Å². The van der Waals surface area contributed by atoms with E-state index in [0.717, 1.165) is 21.2 Å². The van der Waals surface area contributed by atoms with Crippen LogP contribution in [0.2, 0.25) is 0 Å². The Morgan fingerprint density at radius 1 is 0.944 bits per heavy atom. The molecule has 1 heterocycles. The van der Waals surface area contributed by atoms with Gasteiger partial charge in [-0.2, -0.15) is 0 Å². The van der Waals surface area contributed by atoms with Gasteiger partial charge in [0.1, 0.15) is 5.58 Å². The molecule has 1 nitrogen and oxygen atoms in total. The molecule has 90 valence electrons. The summed E-state index contributed by atoms with van der Waals surface area (Å²) in [5.74, 6) is 0. The van der Waals surface area contributed by atoms with E-state index in [2.05, 4.69) is 54.0 Å². The number of halogens is 1. The van der Waals surface area contributed by atoms with E-state index in [9.17, 15) is 0 Å². The first-order chi connectivity index (χ1) is 8.66. The number of hydrogen-bond acceptors (Lipinski definition) is 1. The zero-order valence-corrected chi connectivity index (χ0v) is 11.9. The monoisotopic (exact) mass is 300 g/mol. The largest absolute Gasteiger partial charge is 0.449 e. The Bertz CT molecular complexity index is 725. The minimum atomic E-state index is 0.798. The highest BCUT2D eigenvalue weighted by molar-refractivity contribution is 9.10. The molecule has 0 aliphatic carbocycles. The summed E-state index contributed by atoms with van der Waals surface area (Å²) in [5.41, 5.74) is 5.84. The van der Waals surface area contributed by atoms with Crippen molar-refractivity contribution in [3.63, 3.8) is 0 Å². The zero-order chi connectivity index (χ0) is 12.7. The number of furan rings is 1. The zero-order valence-electron chi connectivity index (χ0n) is 10.3. The van der Waals surface area contributed by atoms with Crippen molar-refractivity contribution in [1.29, 1.82) is 0 Å². The molecule has 0 saturated heterocycles. The molecule has 0 atom stereocenters. The van der Waals surface area contributed by atoms with Crippen molar-refractivity contribution in [2.45, 2.75) is 13.8 Å². The van der Waals surface area contributed by atoms with Crippen molar-refractivity contribution in [3.05, 3.63) is 58.3 Å². The minimum Gasteiger partial charge on any atom is -0.449 e. The molecule has 0 fully saturated rings. The van der Waals surface area contributed by atoms with Crippen molar-refractivity contribution in [1.82, 2.24) is 0 Å². The molecule has 3 aromatic rings. The Morgan fingerprint density at radius 3 is 2.50 bits per heavy atom. The fourth-order valence-corrected chi connectivity index (χ4v) is 2.80. The van der Waals surface area contributed by atoms with Gasteiger partial charge in [-0.1, -0.05) is 36.4 Å². The van der Waals surface area contributed by atoms with Gasteiger partial charge in [-0.05, 0) is 52.5 Å². The highest BCUT2D eigenvalue weighted by Gasteiger charge is 2.13. The Labute approximate surface area is 115 Å². The van der Waals surface area contributed by atoms with Gasteiger partial charge in [-0.15, -0.1) is 0 Å². The van der Waals surface area contributed by atoms with E-state index in [-0.39, 0.29) is 0 Å². The first-order valence-electron chi connectivity index (χ1n) is 5.91. The van der Waals surface area contributed by atoms with Crippen LogP contribution >= 0.6 is 15.9 Å². The van der Waals surface area contributed by atoms with Gasteiger partial charge in [0.05, 0.1) is 0 Å². The van der Waals surface area contributed by atoms with E-state index >= 15 is 0 Å². The van der Waals surface area contributed by atoms with Gasteiger partial charge in [-0.25, -0.2) is 0 Å². The van der Waals surface area contributed by atoms with Crippen molar-refractivity contribution in [2.75, 3.05) is 0 Å². The standard InChI is InChI=1S/C16H13BrO/c1-10-7-8-12(9-11(10)2)15-13-5-3-4-6-14(13)18-16(15)17/h3-9H,1-2H3. The van der Waals surface area contributed by atoms with E-state index < -0.39 is 0 Å². The molecular weight excluding hydrogens is 288 g/mol. The highest BCUT2D eigenvalue weighted by atomic mass is 79.9. The van der Waals surface area contributed by atoms with E-state index in [0.29, 0.717) is 0 Å². The van der Waals surface area contributed by atoms with Gasteiger partial charge in [0.2, 0.25) is 0 Å². The normalized spacial score (nSPS) is 11.1. The quantitative estimate of drug-likeness (QED) is 0.580. The van der Waals surface area contributed by atoms with Crippen molar-refractivity contribution < 1.29 is 4.42 Å². The molecular formula is C16H13BrO. The first-order valence-corrected chi connectivity index (χ1v) is 6.71. The van der Waals surface area contributed by atoms with Crippen LogP contribution in [0.5, 0.6) is 0 Å². The van der Waals surface area contributed by atoms with Crippen LogP contribution in [0.3, 0.4) is 0 Å². The summed E-state index contributed by atoms with van der Waals surface area (Å²) >= 11 is 3.52. The Kier molecular flexibility index (Phi) is 2.75. The molecule has 0 amide bonds. The smallest absolute Gasteiger partial charge is 0.178 e.